The molecule has 0 atom stereocenters. The van der Waals surface area contributed by atoms with E-state index in [1.165, 1.54) is 37.4 Å². The second kappa shape index (κ2) is 5.84. The molecule has 0 aliphatic rings. The number of nitrogens with two attached hydrogens (primary N) is 1. The lowest BCUT2D eigenvalue weighted by Crippen LogP contribution is -2.30. The molecule has 0 unspecified atom stereocenters. The lowest BCUT2D eigenvalue weighted by molar-refractivity contribution is 0.0981. The molecule has 7 heteroatoms. The first kappa shape index (κ1) is 14.9. The molecule has 0 bridgehead atoms. The number of carbonyl (C=O) groups excluding carboxylic acids is 1. The van der Waals surface area contributed by atoms with Crippen LogP contribution in [0.4, 0.5) is 5.69 Å². The van der Waals surface area contributed by atoms with Crippen LogP contribution in [0.2, 0.25) is 0 Å². The van der Waals surface area contributed by atoms with Gasteiger partial charge in [0.25, 0.3) is 15.9 Å². The molecule has 2 aromatic carbocycles. The highest BCUT2D eigenvalue weighted by molar-refractivity contribution is 7.90. The van der Waals surface area contributed by atoms with E-state index in [9.17, 15) is 13.2 Å². The number of nitrogen functional groups attached to an aromatic ring is 1. The highest BCUT2D eigenvalue weighted by Gasteiger charge is 2.23. The summed E-state index contributed by atoms with van der Waals surface area (Å²) >= 11 is 0. The molecule has 0 radical (unpaired) electrons. The molecule has 0 spiro atoms. The van der Waals surface area contributed by atoms with Crippen molar-refractivity contribution in [3.8, 4) is 5.75 Å². The van der Waals surface area contributed by atoms with Crippen molar-refractivity contribution in [2.45, 2.75) is 4.90 Å². The Morgan fingerprint density at radius 1 is 1.14 bits per heavy atom. The second-order valence-corrected chi connectivity index (χ2v) is 5.86. The van der Waals surface area contributed by atoms with Crippen molar-refractivity contribution in [1.82, 2.24) is 4.72 Å². The van der Waals surface area contributed by atoms with Gasteiger partial charge in [0.1, 0.15) is 10.6 Å². The molecule has 6 nitrogen and oxygen atoms in total. The molecular weight excluding hydrogens is 292 g/mol. The van der Waals surface area contributed by atoms with E-state index in [1.807, 2.05) is 4.72 Å². The zero-order chi connectivity index (χ0) is 15.5. The number of nitrogens with one attached hydrogen (secondary N) is 1. The van der Waals surface area contributed by atoms with Crippen LogP contribution in [0, 0.1) is 0 Å². The van der Waals surface area contributed by atoms with Gasteiger partial charge in [-0.3, -0.25) is 4.79 Å². The van der Waals surface area contributed by atoms with Crippen molar-refractivity contribution in [2.24, 2.45) is 0 Å². The van der Waals surface area contributed by atoms with Gasteiger partial charge in [-0.05, 0) is 30.3 Å². The van der Waals surface area contributed by atoms with Crippen LogP contribution in [-0.2, 0) is 10.0 Å². The summed E-state index contributed by atoms with van der Waals surface area (Å²) in [4.78, 5) is 11.8. The molecule has 0 aliphatic heterocycles. The van der Waals surface area contributed by atoms with E-state index in [1.54, 1.807) is 18.2 Å². The normalized spacial score (nSPS) is 10.9. The topological polar surface area (TPSA) is 98.5 Å². The predicted molar refractivity (Wildman–Crippen MR) is 78.5 cm³/mol. The number of hydrogen-bond acceptors (Lipinski definition) is 5. The average molecular weight is 306 g/mol. The number of rotatable bonds is 4. The fraction of sp³-hybridized carbons (Fsp3) is 0.0714. The molecule has 0 saturated heterocycles. The van der Waals surface area contributed by atoms with Gasteiger partial charge >= 0.3 is 0 Å². The Kier molecular flexibility index (Phi) is 4.13. The zero-order valence-corrected chi connectivity index (χ0v) is 12.1. The van der Waals surface area contributed by atoms with Gasteiger partial charge in [-0.2, -0.15) is 0 Å². The monoisotopic (exact) mass is 306 g/mol. The van der Waals surface area contributed by atoms with E-state index in [0.29, 0.717) is 0 Å². The molecule has 2 rings (SSSR count). The number of amides is 1. The van der Waals surface area contributed by atoms with Crippen molar-refractivity contribution in [3.63, 3.8) is 0 Å². The molecule has 3 N–H and O–H groups in total. The molecule has 21 heavy (non-hydrogen) atoms. The number of hydrogen-bond donors (Lipinski definition) is 2. The van der Waals surface area contributed by atoms with Crippen LogP contribution < -0.4 is 15.2 Å². The van der Waals surface area contributed by atoms with E-state index in [0.717, 1.165) is 0 Å². The maximum Gasteiger partial charge on any atom is 0.268 e. The minimum atomic E-state index is -4.08. The first-order valence-electron chi connectivity index (χ1n) is 6.00. The predicted octanol–water partition coefficient (Wildman–Crippen LogP) is 1.40. The van der Waals surface area contributed by atoms with Crippen LogP contribution in [-0.4, -0.2) is 21.4 Å². The Labute approximate surface area is 122 Å². The highest BCUT2D eigenvalue weighted by Crippen LogP contribution is 2.25. The maximum atomic E-state index is 12.3. The van der Waals surface area contributed by atoms with Gasteiger partial charge < -0.3 is 10.5 Å². The summed E-state index contributed by atoms with van der Waals surface area (Å²) in [6.45, 7) is 0. The quantitative estimate of drug-likeness (QED) is 0.832. The van der Waals surface area contributed by atoms with E-state index in [4.69, 9.17) is 10.5 Å². The lowest BCUT2D eigenvalue weighted by Gasteiger charge is -2.11. The van der Waals surface area contributed by atoms with E-state index < -0.39 is 15.9 Å². The number of benzene rings is 2. The van der Waals surface area contributed by atoms with Crippen molar-refractivity contribution in [1.29, 1.82) is 0 Å². The third-order valence-electron chi connectivity index (χ3n) is 2.74. The summed E-state index contributed by atoms with van der Waals surface area (Å²) in [5, 5.41) is 0. The first-order valence-corrected chi connectivity index (χ1v) is 7.48. The molecule has 1 amide bonds. The molecule has 0 heterocycles. The SMILES string of the molecule is COc1ccc(N)cc1S(=O)(=O)NC(=O)c1ccccc1. The lowest BCUT2D eigenvalue weighted by atomic mass is 10.2. The number of anilines is 1. The summed E-state index contributed by atoms with van der Waals surface area (Å²) in [6, 6.07) is 12.2. The second-order valence-electron chi connectivity index (χ2n) is 4.21. The van der Waals surface area contributed by atoms with Crippen LogP contribution in [0.5, 0.6) is 5.75 Å². The first-order chi connectivity index (χ1) is 9.94. The van der Waals surface area contributed by atoms with Crippen LogP contribution >= 0.6 is 0 Å². The molecule has 2 aromatic rings. The Bertz CT molecular complexity index is 758. The van der Waals surface area contributed by atoms with Crippen LogP contribution in [0.15, 0.2) is 53.4 Å². The molecular formula is C14H14N2O4S. The van der Waals surface area contributed by atoms with Gasteiger partial charge in [0.05, 0.1) is 7.11 Å². The Hall–Kier alpha value is -2.54. The summed E-state index contributed by atoms with van der Waals surface area (Å²) in [5.41, 5.74) is 6.08. The third-order valence-corrected chi connectivity index (χ3v) is 4.09. The highest BCUT2D eigenvalue weighted by atomic mass is 32.2. The van der Waals surface area contributed by atoms with Crippen LogP contribution in [0.25, 0.3) is 0 Å². The average Bonchev–Trinajstić information content (AvgIpc) is 2.47. The number of carbonyl (C=O) groups is 1. The van der Waals surface area contributed by atoms with E-state index >= 15 is 0 Å². The molecule has 0 aromatic heterocycles. The van der Waals surface area contributed by atoms with Crippen molar-refractivity contribution < 1.29 is 17.9 Å². The molecule has 0 aliphatic carbocycles. The van der Waals surface area contributed by atoms with Crippen molar-refractivity contribution in [2.75, 3.05) is 12.8 Å². The van der Waals surface area contributed by atoms with Gasteiger partial charge in [0.15, 0.2) is 0 Å². The van der Waals surface area contributed by atoms with Crippen molar-refractivity contribution >= 4 is 21.6 Å². The molecule has 0 saturated carbocycles. The molecule has 110 valence electrons. The minimum absolute atomic E-state index is 0.109. The van der Waals surface area contributed by atoms with Gasteiger partial charge in [0.2, 0.25) is 0 Å². The number of ether oxygens (including phenoxy) is 1. The number of sulfonamides is 1. The van der Waals surface area contributed by atoms with E-state index in [2.05, 4.69) is 0 Å². The molecule has 0 fully saturated rings. The van der Waals surface area contributed by atoms with Gasteiger partial charge in [-0.25, -0.2) is 13.1 Å². The van der Waals surface area contributed by atoms with Gasteiger partial charge in [0, 0.05) is 11.3 Å². The van der Waals surface area contributed by atoms with Crippen molar-refractivity contribution in [3.05, 3.63) is 54.1 Å². The fourth-order valence-corrected chi connectivity index (χ4v) is 2.91. The zero-order valence-electron chi connectivity index (χ0n) is 11.2. The fourth-order valence-electron chi connectivity index (χ4n) is 1.73. The summed E-state index contributed by atoms with van der Waals surface area (Å²) in [7, 11) is -2.74. The van der Waals surface area contributed by atoms with Gasteiger partial charge in [-0.1, -0.05) is 18.2 Å². The van der Waals surface area contributed by atoms with Gasteiger partial charge in [-0.15, -0.1) is 0 Å². The Morgan fingerprint density at radius 3 is 2.43 bits per heavy atom. The van der Waals surface area contributed by atoms with Crippen LogP contribution in [0.3, 0.4) is 0 Å². The standard InChI is InChI=1S/C14H14N2O4S/c1-20-12-8-7-11(15)9-13(12)21(18,19)16-14(17)10-5-3-2-4-6-10/h2-9H,15H2,1H3,(H,16,17). The minimum Gasteiger partial charge on any atom is -0.495 e. The smallest absolute Gasteiger partial charge is 0.268 e. The number of methoxy groups -OCH3 is 1. The van der Waals surface area contributed by atoms with Crippen LogP contribution in [0.1, 0.15) is 10.4 Å². The Balaban J connectivity index is 2.35. The summed E-state index contributed by atoms with van der Waals surface area (Å²) in [6.07, 6.45) is 0. The summed E-state index contributed by atoms with van der Waals surface area (Å²) in [5.74, 6) is -0.613. The summed E-state index contributed by atoms with van der Waals surface area (Å²) < 4.78 is 31.5. The third kappa shape index (κ3) is 3.32. The largest absolute Gasteiger partial charge is 0.495 e. The van der Waals surface area contributed by atoms with E-state index in [-0.39, 0.29) is 21.9 Å². The maximum absolute atomic E-state index is 12.3. The Morgan fingerprint density at radius 2 is 1.81 bits per heavy atom.